The number of hydrogen-bond donors (Lipinski definition) is 1. The van der Waals surface area contributed by atoms with Crippen molar-refractivity contribution in [3.63, 3.8) is 0 Å². The lowest BCUT2D eigenvalue weighted by molar-refractivity contribution is 0.151. The Bertz CT molecular complexity index is 315. The second-order valence-electron chi connectivity index (χ2n) is 6.00. The summed E-state index contributed by atoms with van der Waals surface area (Å²) in [6, 6.07) is 2.68. The molecule has 0 bridgehead atoms. The van der Waals surface area contributed by atoms with Crippen LogP contribution in [-0.4, -0.2) is 6.04 Å². The van der Waals surface area contributed by atoms with Crippen LogP contribution < -0.4 is 5.73 Å². The third-order valence-corrected chi connectivity index (χ3v) is 4.69. The van der Waals surface area contributed by atoms with Crippen LogP contribution >= 0.6 is 11.3 Å². The molecular weight excluding hydrogens is 214 g/mol. The lowest BCUT2D eigenvalue weighted by Crippen LogP contribution is -2.39. The molecule has 0 radical (unpaired) electrons. The highest BCUT2D eigenvalue weighted by molar-refractivity contribution is 7.07. The summed E-state index contributed by atoms with van der Waals surface area (Å²) < 4.78 is 0. The molecule has 0 spiro atoms. The Kier molecular flexibility index (Phi) is 3.70. The van der Waals surface area contributed by atoms with Gasteiger partial charge in [-0.15, -0.1) is 0 Å². The average molecular weight is 237 g/mol. The molecule has 1 fully saturated rings. The Labute approximate surface area is 103 Å². The van der Waals surface area contributed by atoms with Gasteiger partial charge in [-0.25, -0.2) is 0 Å². The highest BCUT2D eigenvalue weighted by Gasteiger charge is 2.32. The van der Waals surface area contributed by atoms with Gasteiger partial charge >= 0.3 is 0 Å². The number of aryl methyl sites for hydroxylation is 1. The van der Waals surface area contributed by atoms with E-state index in [0.717, 1.165) is 5.92 Å². The summed E-state index contributed by atoms with van der Waals surface area (Å²) in [5.41, 5.74) is 8.24. The van der Waals surface area contributed by atoms with Crippen LogP contribution in [0.2, 0.25) is 0 Å². The van der Waals surface area contributed by atoms with Crippen molar-refractivity contribution in [2.45, 2.75) is 52.0 Å². The van der Waals surface area contributed by atoms with E-state index in [1.54, 1.807) is 11.3 Å². The Hall–Kier alpha value is -0.340. The van der Waals surface area contributed by atoms with Crippen LogP contribution in [0.5, 0.6) is 0 Å². The predicted octanol–water partition coefficient (Wildman–Crippen LogP) is 3.83. The molecule has 2 rings (SSSR count). The first-order chi connectivity index (χ1) is 7.57. The van der Waals surface area contributed by atoms with Crippen LogP contribution in [0, 0.1) is 11.3 Å². The van der Waals surface area contributed by atoms with E-state index in [9.17, 15) is 0 Å². The maximum atomic E-state index is 6.24. The second-order valence-corrected chi connectivity index (χ2v) is 6.78. The van der Waals surface area contributed by atoms with Crippen molar-refractivity contribution in [1.82, 2.24) is 0 Å². The third kappa shape index (κ3) is 3.08. The molecule has 0 saturated heterocycles. The van der Waals surface area contributed by atoms with Gasteiger partial charge in [0, 0.05) is 6.04 Å². The van der Waals surface area contributed by atoms with Gasteiger partial charge in [0.15, 0.2) is 0 Å². The highest BCUT2D eigenvalue weighted by atomic mass is 32.1. The Balaban J connectivity index is 1.88. The van der Waals surface area contributed by atoms with E-state index < -0.39 is 0 Å². The summed E-state index contributed by atoms with van der Waals surface area (Å²) >= 11 is 1.80. The number of thiophene rings is 1. The molecule has 90 valence electrons. The first kappa shape index (κ1) is 12.1. The zero-order valence-corrected chi connectivity index (χ0v) is 11.2. The first-order valence-electron chi connectivity index (χ1n) is 6.33. The molecule has 1 nitrogen and oxygen atoms in total. The maximum absolute atomic E-state index is 6.24. The van der Waals surface area contributed by atoms with Gasteiger partial charge in [-0.05, 0) is 65.8 Å². The minimum Gasteiger partial charge on any atom is -0.327 e. The summed E-state index contributed by atoms with van der Waals surface area (Å²) in [5.74, 6) is 0.726. The van der Waals surface area contributed by atoms with E-state index in [0.29, 0.717) is 11.5 Å². The SMILES string of the molecule is CC1(C)CCC(N)C(CCc2ccsc2)C1. The molecule has 1 aromatic rings. The zero-order chi connectivity index (χ0) is 11.6. The van der Waals surface area contributed by atoms with Crippen LogP contribution in [-0.2, 0) is 6.42 Å². The number of hydrogen-bond acceptors (Lipinski definition) is 2. The van der Waals surface area contributed by atoms with Crippen molar-refractivity contribution in [2.75, 3.05) is 0 Å². The molecule has 2 unspecified atom stereocenters. The predicted molar refractivity (Wildman–Crippen MR) is 71.7 cm³/mol. The molecule has 0 amide bonds. The van der Waals surface area contributed by atoms with Gasteiger partial charge in [0.2, 0.25) is 0 Å². The Morgan fingerprint density at radius 3 is 3.00 bits per heavy atom. The van der Waals surface area contributed by atoms with Gasteiger partial charge in [0.25, 0.3) is 0 Å². The lowest BCUT2D eigenvalue weighted by Gasteiger charge is -2.39. The number of rotatable bonds is 3. The van der Waals surface area contributed by atoms with E-state index in [4.69, 9.17) is 5.73 Å². The molecule has 0 aromatic carbocycles. The second kappa shape index (κ2) is 4.89. The molecule has 0 aliphatic heterocycles. The van der Waals surface area contributed by atoms with Crippen LogP contribution in [0.25, 0.3) is 0 Å². The summed E-state index contributed by atoms with van der Waals surface area (Å²) in [4.78, 5) is 0. The van der Waals surface area contributed by atoms with E-state index in [-0.39, 0.29) is 0 Å². The van der Waals surface area contributed by atoms with Crippen molar-refractivity contribution < 1.29 is 0 Å². The molecular formula is C14H23NS. The van der Waals surface area contributed by atoms with Crippen LogP contribution in [0.1, 0.15) is 45.1 Å². The molecule has 1 aliphatic carbocycles. The summed E-state index contributed by atoms with van der Waals surface area (Å²) in [7, 11) is 0. The van der Waals surface area contributed by atoms with Crippen molar-refractivity contribution in [2.24, 2.45) is 17.1 Å². The van der Waals surface area contributed by atoms with Gasteiger partial charge < -0.3 is 5.73 Å². The van der Waals surface area contributed by atoms with Gasteiger partial charge in [-0.1, -0.05) is 13.8 Å². The van der Waals surface area contributed by atoms with Crippen molar-refractivity contribution in [3.05, 3.63) is 22.4 Å². The molecule has 2 atom stereocenters. The number of nitrogens with two attached hydrogens (primary N) is 1. The largest absolute Gasteiger partial charge is 0.327 e. The molecule has 1 heterocycles. The smallest absolute Gasteiger partial charge is 0.00676 e. The van der Waals surface area contributed by atoms with E-state index >= 15 is 0 Å². The highest BCUT2D eigenvalue weighted by Crippen LogP contribution is 2.39. The molecule has 2 N–H and O–H groups in total. The minimum absolute atomic E-state index is 0.437. The molecule has 2 heteroatoms. The fourth-order valence-corrected chi connectivity index (χ4v) is 3.56. The van der Waals surface area contributed by atoms with Crippen LogP contribution in [0.3, 0.4) is 0 Å². The van der Waals surface area contributed by atoms with Crippen LogP contribution in [0.4, 0.5) is 0 Å². The first-order valence-corrected chi connectivity index (χ1v) is 7.28. The maximum Gasteiger partial charge on any atom is 0.00676 e. The average Bonchev–Trinajstić information content (AvgIpc) is 2.72. The van der Waals surface area contributed by atoms with Gasteiger partial charge in [-0.2, -0.15) is 11.3 Å². The quantitative estimate of drug-likeness (QED) is 0.849. The molecule has 16 heavy (non-hydrogen) atoms. The van der Waals surface area contributed by atoms with Crippen molar-refractivity contribution in [1.29, 1.82) is 0 Å². The standard InChI is InChI=1S/C14H23NS/c1-14(2)7-5-13(15)12(9-14)4-3-11-6-8-16-10-11/h6,8,10,12-13H,3-5,7,9,15H2,1-2H3. The Morgan fingerprint density at radius 2 is 2.31 bits per heavy atom. The third-order valence-electron chi connectivity index (χ3n) is 3.96. The minimum atomic E-state index is 0.437. The molecule has 1 aromatic heterocycles. The van der Waals surface area contributed by atoms with E-state index in [1.807, 2.05) is 0 Å². The summed E-state index contributed by atoms with van der Waals surface area (Å²) in [5, 5.41) is 4.43. The monoisotopic (exact) mass is 237 g/mol. The topological polar surface area (TPSA) is 26.0 Å². The van der Waals surface area contributed by atoms with Gasteiger partial charge in [0.1, 0.15) is 0 Å². The normalized spacial score (nSPS) is 29.2. The zero-order valence-electron chi connectivity index (χ0n) is 10.4. The lowest BCUT2D eigenvalue weighted by atomic mass is 9.69. The Morgan fingerprint density at radius 1 is 1.50 bits per heavy atom. The van der Waals surface area contributed by atoms with Crippen molar-refractivity contribution >= 4 is 11.3 Å². The fraction of sp³-hybridized carbons (Fsp3) is 0.714. The molecule has 1 saturated carbocycles. The summed E-state index contributed by atoms with van der Waals surface area (Å²) in [6.45, 7) is 4.77. The fourth-order valence-electron chi connectivity index (χ4n) is 2.86. The summed E-state index contributed by atoms with van der Waals surface area (Å²) in [6.07, 6.45) is 6.28. The van der Waals surface area contributed by atoms with Gasteiger partial charge in [0.05, 0.1) is 0 Å². The molecule has 1 aliphatic rings. The van der Waals surface area contributed by atoms with E-state index in [2.05, 4.69) is 30.7 Å². The van der Waals surface area contributed by atoms with Crippen molar-refractivity contribution in [3.8, 4) is 0 Å². The van der Waals surface area contributed by atoms with Gasteiger partial charge in [-0.3, -0.25) is 0 Å². The van der Waals surface area contributed by atoms with Crippen LogP contribution in [0.15, 0.2) is 16.8 Å². The van der Waals surface area contributed by atoms with E-state index in [1.165, 1.54) is 37.7 Å².